The van der Waals surface area contributed by atoms with Gasteiger partial charge < -0.3 is 39.9 Å². The number of phosphoric ester groups is 1. The van der Waals surface area contributed by atoms with Gasteiger partial charge in [0.1, 0.15) is 42.7 Å². The third kappa shape index (κ3) is 36.9. The van der Waals surface area contributed by atoms with E-state index in [2.05, 4.69) is 26.0 Å². The van der Waals surface area contributed by atoms with Crippen LogP contribution in [0.1, 0.15) is 271 Å². The molecule has 0 aromatic heterocycles. The lowest BCUT2D eigenvalue weighted by Crippen LogP contribution is -2.64. The molecule has 0 aromatic carbocycles. The molecule has 1 aliphatic rings. The van der Waals surface area contributed by atoms with Crippen LogP contribution in [0.5, 0.6) is 0 Å². The lowest BCUT2D eigenvalue weighted by atomic mass is 9.85. The Balaban J connectivity index is 2.28. The molecule has 68 heavy (non-hydrogen) atoms. The Hall–Kier alpha value is -0.920. The number of ether oxygens (including phenoxy) is 2. The lowest BCUT2D eigenvalue weighted by molar-refractivity contribution is -0.220. The normalized spacial score (nSPS) is 21.1. The molecule has 1 aliphatic carbocycles. The fraction of sp³-hybridized carbons (Fsp3) is 0.945. The Morgan fingerprint density at radius 1 is 0.456 bits per heavy atom. The van der Waals surface area contributed by atoms with Crippen molar-refractivity contribution in [1.82, 2.24) is 0 Å². The minimum atomic E-state index is -5.02. The fourth-order valence-electron chi connectivity index (χ4n) is 9.12. The molecule has 1 fully saturated rings. The molecular formula is C55H107O12P. The summed E-state index contributed by atoms with van der Waals surface area (Å²) in [6.45, 7) is 4.32. The quantitative estimate of drug-likeness (QED) is 0.0146. The fourth-order valence-corrected chi connectivity index (χ4v) is 10.1. The number of carbonyl (C=O) groups excluding carboxylic acids is 1. The first kappa shape index (κ1) is 65.1. The Morgan fingerprint density at radius 3 is 1.16 bits per heavy atom. The number of aliphatic hydroxyl groups is 5. The number of rotatable bonds is 50. The molecule has 6 unspecified atom stereocenters. The van der Waals surface area contributed by atoms with Gasteiger partial charge >= 0.3 is 13.8 Å². The largest absolute Gasteiger partial charge is 0.472 e. The van der Waals surface area contributed by atoms with Gasteiger partial charge in [-0.25, -0.2) is 4.57 Å². The number of allylic oxidation sites excluding steroid dienone is 2. The summed E-state index contributed by atoms with van der Waals surface area (Å²) in [4.78, 5) is 23.3. The van der Waals surface area contributed by atoms with Crippen molar-refractivity contribution in [2.75, 3.05) is 19.8 Å². The number of carbonyl (C=O) groups is 1. The van der Waals surface area contributed by atoms with E-state index in [0.29, 0.717) is 13.0 Å². The average molecular weight is 991 g/mol. The zero-order valence-electron chi connectivity index (χ0n) is 43.7. The predicted molar refractivity (Wildman–Crippen MR) is 277 cm³/mol. The van der Waals surface area contributed by atoms with Crippen molar-refractivity contribution in [2.45, 2.75) is 313 Å². The smallest absolute Gasteiger partial charge is 0.457 e. The third-order valence-corrected chi connectivity index (χ3v) is 14.6. The van der Waals surface area contributed by atoms with Crippen molar-refractivity contribution >= 4 is 13.8 Å². The van der Waals surface area contributed by atoms with Gasteiger partial charge in [0.25, 0.3) is 0 Å². The van der Waals surface area contributed by atoms with Crippen LogP contribution in [0.15, 0.2) is 12.2 Å². The maximum absolute atomic E-state index is 12.9. The molecule has 404 valence electrons. The van der Waals surface area contributed by atoms with Crippen LogP contribution in [0.2, 0.25) is 0 Å². The molecule has 0 aromatic rings. The molecule has 1 rings (SSSR count). The van der Waals surface area contributed by atoms with Gasteiger partial charge in [0.05, 0.1) is 13.2 Å². The lowest BCUT2D eigenvalue weighted by Gasteiger charge is -2.41. The molecule has 0 amide bonds. The standard InChI is InChI=1S/C55H107O12P/c1-3-5-7-9-11-13-15-17-19-21-23-24-25-27-29-31-33-35-37-39-41-43-45-64-46-48(47-65-68(62,63)67-55-53(60)51(58)50(57)52(59)54(55)61)66-49(56)44-42-40-38-36-34-32-30-28-26-22-20-18-16-14-12-10-8-6-4-2/h21,23,48,50-55,57-61H,3-20,22,24-47H2,1-2H3,(H,62,63)/b23-21-. The summed E-state index contributed by atoms with van der Waals surface area (Å²) in [6, 6.07) is 0. The van der Waals surface area contributed by atoms with Crippen LogP contribution in [0.25, 0.3) is 0 Å². The first-order chi connectivity index (χ1) is 33.0. The van der Waals surface area contributed by atoms with Crippen molar-refractivity contribution in [2.24, 2.45) is 0 Å². The van der Waals surface area contributed by atoms with Crippen LogP contribution in [0.4, 0.5) is 0 Å². The van der Waals surface area contributed by atoms with E-state index in [0.717, 1.165) is 38.5 Å². The van der Waals surface area contributed by atoms with E-state index in [-0.39, 0.29) is 13.0 Å². The highest BCUT2D eigenvalue weighted by atomic mass is 31.2. The zero-order valence-corrected chi connectivity index (χ0v) is 44.6. The number of hydrogen-bond donors (Lipinski definition) is 6. The van der Waals surface area contributed by atoms with Crippen LogP contribution in [-0.4, -0.2) is 98.9 Å². The summed E-state index contributed by atoms with van der Waals surface area (Å²) in [7, 11) is -5.02. The van der Waals surface area contributed by atoms with Crippen LogP contribution < -0.4 is 0 Å². The molecule has 0 bridgehead atoms. The molecule has 0 radical (unpaired) electrons. The van der Waals surface area contributed by atoms with E-state index in [1.54, 1.807) is 0 Å². The monoisotopic (exact) mass is 991 g/mol. The van der Waals surface area contributed by atoms with Gasteiger partial charge in [-0.15, -0.1) is 0 Å². The van der Waals surface area contributed by atoms with Crippen molar-refractivity contribution < 1.29 is 58.3 Å². The summed E-state index contributed by atoms with van der Waals surface area (Å²) < 4.78 is 34.4. The number of esters is 1. The molecule has 0 spiro atoms. The zero-order chi connectivity index (χ0) is 49.8. The number of phosphoric acid groups is 1. The molecule has 0 heterocycles. The molecular weight excluding hydrogens is 884 g/mol. The summed E-state index contributed by atoms with van der Waals surface area (Å²) in [5.74, 6) is -0.470. The highest BCUT2D eigenvalue weighted by molar-refractivity contribution is 7.47. The molecule has 13 heteroatoms. The SMILES string of the molecule is CCCCCCCCCC/C=C\CCCCCCCCCCCCOCC(COP(=O)(O)OC1C(O)C(O)C(O)C(O)C1O)OC(=O)CCCCCCCCCCCCCCCCCCCCC. The van der Waals surface area contributed by atoms with Gasteiger partial charge in [-0.05, 0) is 38.5 Å². The second-order valence-corrected chi connectivity index (χ2v) is 21.6. The molecule has 0 saturated heterocycles. The molecule has 12 nitrogen and oxygen atoms in total. The van der Waals surface area contributed by atoms with Gasteiger partial charge in [0, 0.05) is 13.0 Å². The van der Waals surface area contributed by atoms with E-state index in [4.69, 9.17) is 18.5 Å². The molecule has 1 saturated carbocycles. The Labute approximate surface area is 416 Å². The Kier molecular flexibility index (Phi) is 43.9. The first-order valence-electron chi connectivity index (χ1n) is 28.5. The minimum absolute atomic E-state index is 0.0712. The van der Waals surface area contributed by atoms with Crippen LogP contribution in [0.3, 0.4) is 0 Å². The van der Waals surface area contributed by atoms with Crippen molar-refractivity contribution in [3.63, 3.8) is 0 Å². The minimum Gasteiger partial charge on any atom is -0.457 e. The van der Waals surface area contributed by atoms with Crippen LogP contribution >= 0.6 is 7.82 Å². The van der Waals surface area contributed by atoms with Crippen molar-refractivity contribution in [3.8, 4) is 0 Å². The molecule has 0 aliphatic heterocycles. The van der Waals surface area contributed by atoms with Crippen molar-refractivity contribution in [1.29, 1.82) is 0 Å². The van der Waals surface area contributed by atoms with Crippen molar-refractivity contribution in [3.05, 3.63) is 12.2 Å². The van der Waals surface area contributed by atoms with Crippen LogP contribution in [0, 0.1) is 0 Å². The third-order valence-electron chi connectivity index (χ3n) is 13.6. The number of hydrogen-bond acceptors (Lipinski definition) is 11. The summed E-state index contributed by atoms with van der Waals surface area (Å²) in [6.07, 6.45) is 41.4. The summed E-state index contributed by atoms with van der Waals surface area (Å²) in [5, 5.41) is 50.4. The van der Waals surface area contributed by atoms with E-state index in [9.17, 15) is 39.8 Å². The van der Waals surface area contributed by atoms with Gasteiger partial charge in [0.15, 0.2) is 0 Å². The van der Waals surface area contributed by atoms with Gasteiger partial charge in [-0.3, -0.25) is 13.8 Å². The van der Waals surface area contributed by atoms with Gasteiger partial charge in [-0.1, -0.05) is 238 Å². The maximum Gasteiger partial charge on any atom is 0.472 e. The van der Waals surface area contributed by atoms with Gasteiger partial charge in [0.2, 0.25) is 0 Å². The van der Waals surface area contributed by atoms with E-state index in [1.807, 2.05) is 0 Å². The second-order valence-electron chi connectivity index (χ2n) is 20.1. The molecule has 6 atom stereocenters. The second kappa shape index (κ2) is 45.9. The van der Waals surface area contributed by atoms with E-state index >= 15 is 0 Å². The van der Waals surface area contributed by atoms with E-state index < -0.39 is 63.1 Å². The van der Waals surface area contributed by atoms with Crippen LogP contribution in [-0.2, 0) is 27.9 Å². The maximum atomic E-state index is 12.9. The summed E-state index contributed by atoms with van der Waals surface area (Å²) in [5.41, 5.74) is 0. The topological polar surface area (TPSA) is 192 Å². The van der Waals surface area contributed by atoms with E-state index in [1.165, 1.54) is 205 Å². The number of unbranched alkanes of at least 4 members (excludes halogenated alkanes) is 36. The van der Waals surface area contributed by atoms with Gasteiger partial charge in [-0.2, -0.15) is 0 Å². The Morgan fingerprint density at radius 2 is 0.779 bits per heavy atom. The summed E-state index contributed by atoms with van der Waals surface area (Å²) >= 11 is 0. The Bertz CT molecular complexity index is 1180. The predicted octanol–water partition coefficient (Wildman–Crippen LogP) is 13.4. The highest BCUT2D eigenvalue weighted by Gasteiger charge is 2.51. The molecule has 6 N–H and O–H groups in total. The highest BCUT2D eigenvalue weighted by Crippen LogP contribution is 2.47. The number of aliphatic hydroxyl groups excluding tert-OH is 5. The average Bonchev–Trinajstić information content (AvgIpc) is 3.32. The first-order valence-corrected chi connectivity index (χ1v) is 30.0.